The van der Waals surface area contributed by atoms with Crippen molar-refractivity contribution in [3.63, 3.8) is 0 Å². The average molecular weight is 285 g/mol. The lowest BCUT2D eigenvalue weighted by Crippen LogP contribution is -2.57. The van der Waals surface area contributed by atoms with Crippen molar-refractivity contribution in [2.24, 2.45) is 11.0 Å². The summed E-state index contributed by atoms with van der Waals surface area (Å²) < 4.78 is 5.38. The molecule has 20 heavy (non-hydrogen) atoms. The number of amides is 3. The van der Waals surface area contributed by atoms with Crippen LogP contribution in [0, 0.1) is 5.92 Å². The summed E-state index contributed by atoms with van der Waals surface area (Å²) >= 11 is 0. The van der Waals surface area contributed by atoms with E-state index in [9.17, 15) is 19.8 Å². The highest BCUT2D eigenvalue weighted by molar-refractivity contribution is 5.97. The largest absolute Gasteiger partial charge is 0.393 e. The highest BCUT2D eigenvalue weighted by Gasteiger charge is 2.51. The molecule has 0 radical (unpaired) electrons. The maximum atomic E-state index is 11.8. The van der Waals surface area contributed by atoms with E-state index in [-0.39, 0.29) is 18.9 Å². The van der Waals surface area contributed by atoms with Crippen LogP contribution in [-0.4, -0.2) is 58.3 Å². The molecular formula is C10H15N5O5. The second-order valence-corrected chi connectivity index (χ2v) is 4.86. The van der Waals surface area contributed by atoms with Gasteiger partial charge in [-0.3, -0.25) is 15.0 Å². The molecule has 2 aliphatic rings. The Hall–Kier alpha value is -1.87. The average Bonchev–Trinajstić information content (AvgIpc) is 2.72. The maximum Gasteiger partial charge on any atom is 0.326 e. The molecule has 110 valence electrons. The smallest absolute Gasteiger partial charge is 0.326 e. The number of aliphatic hydroxyl groups excluding tert-OH is 2. The van der Waals surface area contributed by atoms with Crippen molar-refractivity contribution in [3.05, 3.63) is 10.4 Å². The molecule has 2 saturated heterocycles. The van der Waals surface area contributed by atoms with Crippen LogP contribution in [-0.2, 0) is 9.53 Å². The lowest BCUT2D eigenvalue weighted by Gasteiger charge is -2.35. The van der Waals surface area contributed by atoms with Crippen LogP contribution in [0.2, 0.25) is 0 Å². The third-order valence-corrected chi connectivity index (χ3v) is 3.48. The van der Waals surface area contributed by atoms with Gasteiger partial charge in [0.15, 0.2) is 5.72 Å². The molecule has 10 nitrogen and oxygen atoms in total. The molecule has 0 saturated carbocycles. The van der Waals surface area contributed by atoms with Gasteiger partial charge in [-0.05, 0) is 5.53 Å². The quantitative estimate of drug-likeness (QED) is 0.355. The van der Waals surface area contributed by atoms with Gasteiger partial charge in [-0.2, -0.15) is 0 Å². The summed E-state index contributed by atoms with van der Waals surface area (Å²) in [6.07, 6.45) is -2.14. The van der Waals surface area contributed by atoms with E-state index < -0.39 is 36.6 Å². The lowest BCUT2D eigenvalue weighted by molar-refractivity contribution is -0.142. The normalized spacial score (nSPS) is 37.5. The molecule has 2 heterocycles. The Kier molecular flexibility index (Phi) is 3.82. The number of ether oxygens (including phenoxy) is 1. The number of carbonyl (C=O) groups is 2. The molecule has 0 aliphatic carbocycles. The summed E-state index contributed by atoms with van der Waals surface area (Å²) in [6, 6.07) is -0.639. The predicted molar refractivity (Wildman–Crippen MR) is 63.9 cm³/mol. The molecule has 0 aromatic carbocycles. The van der Waals surface area contributed by atoms with Gasteiger partial charge in [0.1, 0.15) is 6.23 Å². The van der Waals surface area contributed by atoms with Crippen molar-refractivity contribution < 1.29 is 24.5 Å². The Labute approximate surface area is 113 Å². The SMILES string of the molecule is CC1CN([C@H]2C[C@H](O)[C@](CO)(N=[N+]=[N-])O2)C(=O)NC1=O. The van der Waals surface area contributed by atoms with Gasteiger partial charge in [0, 0.05) is 17.9 Å². The van der Waals surface area contributed by atoms with Gasteiger partial charge < -0.3 is 14.9 Å². The third-order valence-electron chi connectivity index (χ3n) is 3.48. The Morgan fingerprint density at radius 3 is 2.95 bits per heavy atom. The number of carbonyl (C=O) groups excluding carboxylic acids is 2. The van der Waals surface area contributed by atoms with Crippen LogP contribution in [0.5, 0.6) is 0 Å². The molecule has 0 bridgehead atoms. The Balaban J connectivity index is 2.17. The monoisotopic (exact) mass is 285 g/mol. The summed E-state index contributed by atoms with van der Waals surface area (Å²) in [5, 5.41) is 24.6. The van der Waals surface area contributed by atoms with Crippen LogP contribution in [0.1, 0.15) is 13.3 Å². The van der Waals surface area contributed by atoms with E-state index in [1.165, 1.54) is 4.90 Å². The highest BCUT2D eigenvalue weighted by atomic mass is 16.6. The van der Waals surface area contributed by atoms with Crippen LogP contribution in [0.4, 0.5) is 4.79 Å². The number of aliphatic hydroxyl groups is 2. The maximum absolute atomic E-state index is 11.8. The van der Waals surface area contributed by atoms with E-state index in [1.54, 1.807) is 6.92 Å². The summed E-state index contributed by atoms with van der Waals surface area (Å²) in [5.74, 6) is -0.801. The fraction of sp³-hybridized carbons (Fsp3) is 0.800. The first-order valence-electron chi connectivity index (χ1n) is 6.08. The van der Waals surface area contributed by atoms with Gasteiger partial charge in [-0.15, -0.1) is 0 Å². The molecular weight excluding hydrogens is 270 g/mol. The van der Waals surface area contributed by atoms with Crippen LogP contribution < -0.4 is 5.32 Å². The third kappa shape index (κ3) is 2.29. The minimum Gasteiger partial charge on any atom is -0.393 e. The molecule has 0 spiro atoms. The topological polar surface area (TPSA) is 148 Å². The Morgan fingerprint density at radius 2 is 2.35 bits per heavy atom. The first-order valence-corrected chi connectivity index (χ1v) is 6.08. The van der Waals surface area contributed by atoms with Crippen molar-refractivity contribution >= 4 is 11.9 Å². The number of nitrogens with one attached hydrogen (secondary N) is 1. The molecule has 3 amide bonds. The predicted octanol–water partition coefficient (Wildman–Crippen LogP) is -0.720. The van der Waals surface area contributed by atoms with Crippen LogP contribution in [0.15, 0.2) is 5.11 Å². The van der Waals surface area contributed by atoms with Crippen LogP contribution in [0.3, 0.4) is 0 Å². The van der Waals surface area contributed by atoms with E-state index in [2.05, 4.69) is 15.3 Å². The zero-order chi connectivity index (χ0) is 14.9. The minimum absolute atomic E-state index is 0.0199. The second kappa shape index (κ2) is 5.25. The number of imide groups is 1. The summed E-state index contributed by atoms with van der Waals surface area (Å²) in [4.78, 5) is 26.9. The zero-order valence-corrected chi connectivity index (χ0v) is 10.8. The van der Waals surface area contributed by atoms with Gasteiger partial charge in [-0.1, -0.05) is 12.0 Å². The summed E-state index contributed by atoms with van der Waals surface area (Å²) in [6.45, 7) is 1.06. The minimum atomic E-state index is -1.80. The first kappa shape index (κ1) is 14.5. The Bertz CT molecular complexity index is 479. The van der Waals surface area contributed by atoms with Gasteiger partial charge in [-0.25, -0.2) is 4.79 Å². The van der Waals surface area contributed by atoms with Crippen molar-refractivity contribution in [2.75, 3.05) is 13.2 Å². The second-order valence-electron chi connectivity index (χ2n) is 4.86. The zero-order valence-electron chi connectivity index (χ0n) is 10.8. The molecule has 2 aliphatic heterocycles. The Morgan fingerprint density at radius 1 is 1.65 bits per heavy atom. The number of nitrogens with zero attached hydrogens (tertiary/aromatic N) is 4. The van der Waals surface area contributed by atoms with Gasteiger partial charge in [0.25, 0.3) is 0 Å². The van der Waals surface area contributed by atoms with Gasteiger partial charge in [0.05, 0.1) is 18.6 Å². The van der Waals surface area contributed by atoms with E-state index in [1.807, 2.05) is 0 Å². The summed E-state index contributed by atoms with van der Waals surface area (Å²) in [5.41, 5.74) is 6.68. The fourth-order valence-electron chi connectivity index (χ4n) is 2.28. The summed E-state index contributed by atoms with van der Waals surface area (Å²) in [7, 11) is 0. The van der Waals surface area contributed by atoms with Crippen LogP contribution >= 0.6 is 0 Å². The molecule has 0 aromatic heterocycles. The highest BCUT2D eigenvalue weighted by Crippen LogP contribution is 2.34. The molecule has 2 rings (SSSR count). The van der Waals surface area contributed by atoms with Crippen molar-refractivity contribution in [1.82, 2.24) is 10.2 Å². The molecule has 2 fully saturated rings. The standard InChI is InChI=1S/C10H15N5O5/c1-5-3-15(9(19)12-8(5)18)7-2-6(17)10(4-16,20-7)13-14-11/h5-7,16-17H,2-4H2,1H3,(H,12,18,19)/t5?,6-,7+,10+/m0/s1. The molecule has 10 heteroatoms. The van der Waals surface area contributed by atoms with E-state index in [0.717, 1.165) is 0 Å². The first-order chi connectivity index (χ1) is 9.43. The number of hydrogen-bond acceptors (Lipinski definition) is 6. The molecule has 3 N–H and O–H groups in total. The molecule has 1 unspecified atom stereocenters. The number of hydrogen-bond donors (Lipinski definition) is 3. The van der Waals surface area contributed by atoms with Crippen LogP contribution in [0.25, 0.3) is 10.4 Å². The fourth-order valence-corrected chi connectivity index (χ4v) is 2.28. The van der Waals surface area contributed by atoms with E-state index >= 15 is 0 Å². The van der Waals surface area contributed by atoms with E-state index in [0.29, 0.717) is 0 Å². The van der Waals surface area contributed by atoms with Crippen molar-refractivity contribution in [3.8, 4) is 0 Å². The number of rotatable bonds is 3. The van der Waals surface area contributed by atoms with Gasteiger partial charge in [0.2, 0.25) is 5.91 Å². The van der Waals surface area contributed by atoms with Crippen molar-refractivity contribution in [1.29, 1.82) is 0 Å². The molecule has 0 aromatic rings. The molecule has 4 atom stereocenters. The number of azide groups is 1. The van der Waals surface area contributed by atoms with Crippen molar-refractivity contribution in [2.45, 2.75) is 31.4 Å². The van der Waals surface area contributed by atoms with E-state index in [4.69, 9.17) is 10.3 Å². The number of urea groups is 1. The van der Waals surface area contributed by atoms with Gasteiger partial charge >= 0.3 is 6.03 Å². The lowest BCUT2D eigenvalue weighted by atomic mass is 10.1.